The van der Waals surface area contributed by atoms with Gasteiger partial charge in [-0.25, -0.2) is 14.5 Å². The molecule has 0 atom stereocenters. The largest absolute Gasteiger partial charge is 0.463 e. The molecule has 0 aliphatic rings. The summed E-state index contributed by atoms with van der Waals surface area (Å²) in [6.07, 6.45) is -2.00. The van der Waals surface area contributed by atoms with Gasteiger partial charge in [-0.3, -0.25) is 4.79 Å². The number of halogens is 3. The molecule has 4 rings (SSSR count). The topological polar surface area (TPSA) is 135 Å². The zero-order chi connectivity index (χ0) is 25.9. The second-order valence-electron chi connectivity index (χ2n) is 8.27. The van der Waals surface area contributed by atoms with Crippen LogP contribution in [0.1, 0.15) is 23.0 Å². The fraction of sp³-hybridized carbons (Fsp3) is 0.261. The zero-order valence-corrected chi connectivity index (χ0v) is 18.9. The van der Waals surface area contributed by atoms with Crippen LogP contribution < -0.4 is 10.1 Å². The summed E-state index contributed by atoms with van der Waals surface area (Å²) in [5.41, 5.74) is -1.67. The van der Waals surface area contributed by atoms with Gasteiger partial charge in [-0.2, -0.15) is 23.3 Å². The smallest absolute Gasteiger partial charge is 0.417 e. The van der Waals surface area contributed by atoms with Gasteiger partial charge in [0, 0.05) is 17.2 Å². The van der Waals surface area contributed by atoms with Crippen LogP contribution >= 0.6 is 0 Å². The zero-order valence-electron chi connectivity index (χ0n) is 18.9. The van der Waals surface area contributed by atoms with E-state index in [4.69, 9.17) is 4.74 Å². The van der Waals surface area contributed by atoms with Crippen molar-refractivity contribution in [3.8, 4) is 17.3 Å². The van der Waals surface area contributed by atoms with Crippen LogP contribution in [0.3, 0.4) is 0 Å². The average molecular weight is 502 g/mol. The summed E-state index contributed by atoms with van der Waals surface area (Å²) in [4.78, 5) is 25.0. The molecular weight excluding hydrogens is 481 g/mol. The lowest BCUT2D eigenvalue weighted by atomic mass is 9.95. The molecule has 188 valence electrons. The minimum Gasteiger partial charge on any atom is -0.463 e. The fourth-order valence-electron chi connectivity index (χ4n) is 3.17. The van der Waals surface area contributed by atoms with Gasteiger partial charge in [-0.05, 0) is 24.3 Å². The third kappa shape index (κ3) is 5.26. The molecule has 0 fully saturated rings. The first-order valence-corrected chi connectivity index (χ1v) is 10.6. The SMILES string of the molecule is CC(CO)(CO)COc1nccc(NC(=O)c2cnc3ccc(-c4ccccc4C(F)(F)F)nn23)n1. The summed E-state index contributed by atoms with van der Waals surface area (Å²) in [6.45, 7) is 0.891. The van der Waals surface area contributed by atoms with Crippen LogP contribution in [0, 0.1) is 5.41 Å². The van der Waals surface area contributed by atoms with E-state index in [0.29, 0.717) is 0 Å². The molecule has 3 N–H and O–H groups in total. The van der Waals surface area contributed by atoms with Crippen molar-refractivity contribution < 1.29 is 32.9 Å². The number of fused-ring (bicyclic) bond motifs is 1. The highest BCUT2D eigenvalue weighted by molar-refractivity contribution is 6.02. The lowest BCUT2D eigenvalue weighted by molar-refractivity contribution is -0.137. The van der Waals surface area contributed by atoms with Crippen molar-refractivity contribution >= 4 is 17.4 Å². The Bertz CT molecular complexity index is 1390. The molecule has 1 aromatic carbocycles. The molecule has 1 amide bonds. The summed E-state index contributed by atoms with van der Waals surface area (Å²) in [6, 6.07) is 9.19. The number of hydrogen-bond donors (Lipinski definition) is 3. The van der Waals surface area contributed by atoms with Crippen molar-refractivity contribution in [2.24, 2.45) is 5.41 Å². The lowest BCUT2D eigenvalue weighted by Crippen LogP contribution is -2.33. The van der Waals surface area contributed by atoms with E-state index in [1.54, 1.807) is 6.92 Å². The Labute approximate surface area is 202 Å². The van der Waals surface area contributed by atoms with Gasteiger partial charge in [0.25, 0.3) is 5.91 Å². The Balaban J connectivity index is 1.59. The number of alkyl halides is 3. The minimum atomic E-state index is -4.58. The highest BCUT2D eigenvalue weighted by Gasteiger charge is 2.34. The summed E-state index contributed by atoms with van der Waals surface area (Å²) in [7, 11) is 0. The molecule has 0 spiro atoms. The van der Waals surface area contributed by atoms with E-state index in [9.17, 15) is 28.2 Å². The standard InChI is InChI=1S/C23H21F3N6O4/c1-22(11-33,12-34)13-36-21-27-9-8-18(30-21)29-20(35)17-10-28-19-7-6-16(31-32(17)19)14-4-2-3-5-15(14)23(24,25)26/h2-10,33-34H,11-13H2,1H3,(H,27,29,30,35). The maximum Gasteiger partial charge on any atom is 0.417 e. The van der Waals surface area contributed by atoms with E-state index in [-0.39, 0.29) is 54.2 Å². The van der Waals surface area contributed by atoms with Gasteiger partial charge < -0.3 is 20.3 Å². The Morgan fingerprint density at radius 2 is 1.83 bits per heavy atom. The van der Waals surface area contributed by atoms with Crippen LogP contribution in [0.4, 0.5) is 19.0 Å². The molecule has 0 saturated heterocycles. The van der Waals surface area contributed by atoms with Crippen LogP contribution in [0.5, 0.6) is 6.01 Å². The van der Waals surface area contributed by atoms with Gasteiger partial charge >= 0.3 is 12.2 Å². The molecule has 36 heavy (non-hydrogen) atoms. The normalized spacial score (nSPS) is 12.1. The third-order valence-corrected chi connectivity index (χ3v) is 5.29. The second kappa shape index (κ2) is 9.87. The van der Waals surface area contributed by atoms with Crippen molar-refractivity contribution in [2.75, 3.05) is 25.1 Å². The van der Waals surface area contributed by atoms with Gasteiger partial charge in [-0.15, -0.1) is 0 Å². The fourth-order valence-corrected chi connectivity index (χ4v) is 3.17. The lowest BCUT2D eigenvalue weighted by Gasteiger charge is -2.23. The highest BCUT2D eigenvalue weighted by Crippen LogP contribution is 2.36. The maximum atomic E-state index is 13.5. The second-order valence-corrected chi connectivity index (χ2v) is 8.27. The third-order valence-electron chi connectivity index (χ3n) is 5.29. The summed E-state index contributed by atoms with van der Waals surface area (Å²) >= 11 is 0. The summed E-state index contributed by atoms with van der Waals surface area (Å²) in [5.74, 6) is -0.593. The molecular formula is C23H21F3N6O4. The first-order valence-electron chi connectivity index (χ1n) is 10.6. The van der Waals surface area contributed by atoms with Crippen molar-refractivity contribution in [2.45, 2.75) is 13.1 Å². The van der Waals surface area contributed by atoms with Crippen molar-refractivity contribution in [1.29, 1.82) is 0 Å². The number of aliphatic hydroxyl groups is 2. The molecule has 3 heterocycles. The van der Waals surface area contributed by atoms with E-state index in [1.807, 2.05) is 0 Å². The minimum absolute atomic E-state index is 0.0102. The van der Waals surface area contributed by atoms with E-state index in [2.05, 4.69) is 25.4 Å². The predicted molar refractivity (Wildman–Crippen MR) is 121 cm³/mol. The number of aliphatic hydroxyl groups excluding tert-OH is 2. The molecule has 3 aromatic heterocycles. The number of ether oxygens (including phenoxy) is 1. The number of rotatable bonds is 8. The number of nitrogens with one attached hydrogen (secondary N) is 1. The number of nitrogens with zero attached hydrogens (tertiary/aromatic N) is 5. The number of anilines is 1. The van der Waals surface area contributed by atoms with Crippen LogP contribution in [-0.4, -0.2) is 60.5 Å². The number of carbonyl (C=O) groups is 1. The number of amides is 1. The monoisotopic (exact) mass is 502 g/mol. The Morgan fingerprint density at radius 3 is 2.56 bits per heavy atom. The predicted octanol–water partition coefficient (Wildman–Crippen LogP) is 2.83. The Morgan fingerprint density at radius 1 is 1.08 bits per heavy atom. The Hall–Kier alpha value is -4.10. The molecule has 0 bridgehead atoms. The van der Waals surface area contributed by atoms with Crippen LogP contribution in [0.25, 0.3) is 16.9 Å². The van der Waals surface area contributed by atoms with Crippen molar-refractivity contribution in [3.63, 3.8) is 0 Å². The van der Waals surface area contributed by atoms with Gasteiger partial charge in [0.2, 0.25) is 0 Å². The number of aromatic nitrogens is 5. The molecule has 0 aliphatic heterocycles. The first kappa shape index (κ1) is 25.0. The highest BCUT2D eigenvalue weighted by atomic mass is 19.4. The van der Waals surface area contributed by atoms with Gasteiger partial charge in [0.15, 0.2) is 11.3 Å². The quantitative estimate of drug-likeness (QED) is 0.335. The molecule has 13 heteroatoms. The molecule has 4 aromatic rings. The number of imidazole rings is 1. The van der Waals surface area contributed by atoms with Gasteiger partial charge in [0.05, 0.1) is 30.7 Å². The summed E-state index contributed by atoms with van der Waals surface area (Å²) in [5, 5.41) is 25.5. The van der Waals surface area contributed by atoms with Crippen LogP contribution in [-0.2, 0) is 6.18 Å². The number of benzene rings is 1. The van der Waals surface area contributed by atoms with Crippen LogP contribution in [0.15, 0.2) is 54.9 Å². The molecule has 0 saturated carbocycles. The molecule has 0 aliphatic carbocycles. The van der Waals surface area contributed by atoms with E-state index >= 15 is 0 Å². The van der Waals surface area contributed by atoms with E-state index < -0.39 is 23.1 Å². The van der Waals surface area contributed by atoms with Crippen molar-refractivity contribution in [1.82, 2.24) is 24.6 Å². The number of hydrogen-bond acceptors (Lipinski definition) is 8. The molecule has 0 unspecified atom stereocenters. The van der Waals surface area contributed by atoms with Crippen molar-refractivity contribution in [3.05, 3.63) is 66.1 Å². The molecule has 10 nitrogen and oxygen atoms in total. The Kier molecular flexibility index (Phi) is 6.86. The first-order chi connectivity index (χ1) is 17.1. The average Bonchev–Trinajstić information content (AvgIpc) is 3.30. The van der Waals surface area contributed by atoms with E-state index in [1.165, 1.54) is 48.8 Å². The van der Waals surface area contributed by atoms with Gasteiger partial charge in [-0.1, -0.05) is 25.1 Å². The van der Waals surface area contributed by atoms with E-state index in [0.717, 1.165) is 10.6 Å². The molecule has 0 radical (unpaired) electrons. The van der Waals surface area contributed by atoms with Gasteiger partial charge in [0.1, 0.15) is 12.4 Å². The van der Waals surface area contributed by atoms with Crippen LogP contribution in [0.2, 0.25) is 0 Å². The summed E-state index contributed by atoms with van der Waals surface area (Å²) < 4.78 is 47.0. The number of carbonyl (C=O) groups excluding carboxylic acids is 1. The maximum absolute atomic E-state index is 13.5.